The number of benzene rings is 1. The van der Waals surface area contributed by atoms with E-state index in [-0.39, 0.29) is 0 Å². The maximum absolute atomic E-state index is 5.31. The first-order valence-corrected chi connectivity index (χ1v) is 7.81. The molecule has 0 spiro atoms. The molecule has 3 nitrogen and oxygen atoms in total. The van der Waals surface area contributed by atoms with Gasteiger partial charge in [0.1, 0.15) is 0 Å². The Bertz CT molecular complexity index is 408. The lowest BCUT2D eigenvalue weighted by Gasteiger charge is -2.40. The van der Waals surface area contributed by atoms with Crippen molar-refractivity contribution in [3.05, 3.63) is 35.9 Å². The lowest BCUT2D eigenvalue weighted by atomic mass is 9.88. The smallest absolute Gasteiger partial charge is 0.0554 e. The highest BCUT2D eigenvalue weighted by atomic mass is 16.5. The number of rotatable bonds is 5. The molecule has 2 fully saturated rings. The molecule has 0 unspecified atom stereocenters. The molecule has 2 saturated heterocycles. The monoisotopic (exact) mass is 274 g/mol. The van der Waals surface area contributed by atoms with Gasteiger partial charge in [0.15, 0.2) is 0 Å². The summed E-state index contributed by atoms with van der Waals surface area (Å²) >= 11 is 0. The van der Waals surface area contributed by atoms with Crippen LogP contribution in [0, 0.1) is 5.41 Å². The molecule has 110 valence electrons. The third-order valence-corrected chi connectivity index (χ3v) is 4.56. The van der Waals surface area contributed by atoms with Crippen LogP contribution < -0.4 is 5.32 Å². The van der Waals surface area contributed by atoms with Gasteiger partial charge < -0.3 is 10.1 Å². The SMILES string of the molecule is CC1(CNC2CCN(Cc3ccccc3)CC2)COC1. The summed E-state index contributed by atoms with van der Waals surface area (Å²) in [6, 6.07) is 11.5. The molecule has 2 heterocycles. The molecule has 3 rings (SSSR count). The fourth-order valence-electron chi connectivity index (χ4n) is 3.08. The summed E-state index contributed by atoms with van der Waals surface area (Å²) in [5.74, 6) is 0. The zero-order chi connectivity index (χ0) is 13.8. The number of nitrogens with zero attached hydrogens (tertiary/aromatic N) is 1. The standard InChI is InChI=1S/C17H26N2O/c1-17(13-20-14-17)12-18-16-7-9-19(10-8-16)11-15-5-3-2-4-6-15/h2-6,16,18H,7-14H2,1H3. The second-order valence-corrected chi connectivity index (χ2v) is 6.72. The molecule has 2 aliphatic heterocycles. The Hall–Kier alpha value is -0.900. The van der Waals surface area contributed by atoms with Crippen LogP contribution in [-0.4, -0.2) is 43.8 Å². The number of likely N-dealkylation sites (tertiary alicyclic amines) is 1. The Morgan fingerprint density at radius 3 is 2.50 bits per heavy atom. The van der Waals surface area contributed by atoms with Crippen molar-refractivity contribution in [1.82, 2.24) is 10.2 Å². The minimum atomic E-state index is 0.390. The van der Waals surface area contributed by atoms with Gasteiger partial charge in [0.25, 0.3) is 0 Å². The number of nitrogens with one attached hydrogen (secondary N) is 1. The van der Waals surface area contributed by atoms with E-state index in [0.717, 1.165) is 26.3 Å². The average molecular weight is 274 g/mol. The normalized spacial score (nSPS) is 23.4. The number of piperidine rings is 1. The predicted octanol–water partition coefficient (Wildman–Crippen LogP) is 2.28. The van der Waals surface area contributed by atoms with Gasteiger partial charge in [-0.3, -0.25) is 4.90 Å². The molecule has 20 heavy (non-hydrogen) atoms. The maximum atomic E-state index is 5.31. The van der Waals surface area contributed by atoms with Gasteiger partial charge in [0.2, 0.25) is 0 Å². The second-order valence-electron chi connectivity index (χ2n) is 6.72. The van der Waals surface area contributed by atoms with Crippen LogP contribution in [0.5, 0.6) is 0 Å². The Morgan fingerprint density at radius 1 is 1.20 bits per heavy atom. The zero-order valence-electron chi connectivity index (χ0n) is 12.5. The third-order valence-electron chi connectivity index (χ3n) is 4.56. The largest absolute Gasteiger partial charge is 0.380 e. The minimum Gasteiger partial charge on any atom is -0.380 e. The van der Waals surface area contributed by atoms with Crippen molar-refractivity contribution in [1.29, 1.82) is 0 Å². The van der Waals surface area contributed by atoms with Crippen LogP contribution in [0.4, 0.5) is 0 Å². The van der Waals surface area contributed by atoms with Crippen molar-refractivity contribution in [2.24, 2.45) is 5.41 Å². The van der Waals surface area contributed by atoms with E-state index in [1.165, 1.54) is 31.5 Å². The number of hydrogen-bond acceptors (Lipinski definition) is 3. The highest BCUT2D eigenvalue weighted by Gasteiger charge is 2.33. The molecule has 0 atom stereocenters. The fraction of sp³-hybridized carbons (Fsp3) is 0.647. The molecule has 0 aliphatic carbocycles. The van der Waals surface area contributed by atoms with Crippen LogP contribution >= 0.6 is 0 Å². The van der Waals surface area contributed by atoms with E-state index >= 15 is 0 Å². The first kappa shape index (κ1) is 14.1. The molecule has 0 radical (unpaired) electrons. The quantitative estimate of drug-likeness (QED) is 0.891. The van der Waals surface area contributed by atoms with Crippen LogP contribution in [0.3, 0.4) is 0 Å². The second kappa shape index (κ2) is 6.25. The van der Waals surface area contributed by atoms with Gasteiger partial charge in [0.05, 0.1) is 13.2 Å². The predicted molar refractivity (Wildman–Crippen MR) is 81.7 cm³/mol. The summed E-state index contributed by atoms with van der Waals surface area (Å²) in [5.41, 5.74) is 1.82. The van der Waals surface area contributed by atoms with E-state index in [1.807, 2.05) is 0 Å². The van der Waals surface area contributed by atoms with Gasteiger partial charge in [-0.05, 0) is 31.5 Å². The van der Waals surface area contributed by atoms with Crippen LogP contribution in [0.2, 0.25) is 0 Å². The summed E-state index contributed by atoms with van der Waals surface area (Å²) in [6.07, 6.45) is 2.54. The van der Waals surface area contributed by atoms with Crippen molar-refractivity contribution < 1.29 is 4.74 Å². The molecule has 2 aliphatic rings. The molecule has 1 N–H and O–H groups in total. The summed E-state index contributed by atoms with van der Waals surface area (Å²) in [4.78, 5) is 2.57. The molecule has 0 aromatic heterocycles. The van der Waals surface area contributed by atoms with Crippen LogP contribution in [0.1, 0.15) is 25.3 Å². The molecular weight excluding hydrogens is 248 g/mol. The third kappa shape index (κ3) is 3.60. The van der Waals surface area contributed by atoms with Crippen molar-refractivity contribution in [3.63, 3.8) is 0 Å². The maximum Gasteiger partial charge on any atom is 0.0554 e. The van der Waals surface area contributed by atoms with E-state index in [4.69, 9.17) is 4.74 Å². The fourth-order valence-corrected chi connectivity index (χ4v) is 3.08. The molecule has 0 saturated carbocycles. The Morgan fingerprint density at radius 2 is 1.90 bits per heavy atom. The van der Waals surface area contributed by atoms with E-state index in [1.54, 1.807) is 0 Å². The summed E-state index contributed by atoms with van der Waals surface area (Å²) in [5, 5.41) is 3.74. The molecule has 1 aromatic carbocycles. The zero-order valence-corrected chi connectivity index (χ0v) is 12.5. The van der Waals surface area contributed by atoms with E-state index < -0.39 is 0 Å². The van der Waals surface area contributed by atoms with Crippen molar-refractivity contribution in [2.75, 3.05) is 32.8 Å². The molecule has 1 aromatic rings. The highest BCUT2D eigenvalue weighted by molar-refractivity contribution is 5.14. The summed E-state index contributed by atoms with van der Waals surface area (Å²) in [6.45, 7) is 8.78. The minimum absolute atomic E-state index is 0.390. The van der Waals surface area contributed by atoms with Crippen molar-refractivity contribution >= 4 is 0 Å². The van der Waals surface area contributed by atoms with Gasteiger partial charge in [-0.1, -0.05) is 37.3 Å². The van der Waals surface area contributed by atoms with Crippen molar-refractivity contribution in [2.45, 2.75) is 32.4 Å². The Kier molecular flexibility index (Phi) is 4.39. The summed E-state index contributed by atoms with van der Waals surface area (Å²) < 4.78 is 5.31. The van der Waals surface area contributed by atoms with Gasteiger partial charge in [-0.15, -0.1) is 0 Å². The molecule has 0 amide bonds. The van der Waals surface area contributed by atoms with Gasteiger partial charge in [-0.25, -0.2) is 0 Å². The van der Waals surface area contributed by atoms with E-state index in [9.17, 15) is 0 Å². The molecule has 0 bridgehead atoms. The number of hydrogen-bond donors (Lipinski definition) is 1. The lowest BCUT2D eigenvalue weighted by Crippen LogP contribution is -2.51. The molecular formula is C17H26N2O. The van der Waals surface area contributed by atoms with Gasteiger partial charge in [0, 0.05) is 24.5 Å². The highest BCUT2D eigenvalue weighted by Crippen LogP contribution is 2.26. The first-order chi connectivity index (χ1) is 9.73. The summed E-state index contributed by atoms with van der Waals surface area (Å²) in [7, 11) is 0. The lowest BCUT2D eigenvalue weighted by molar-refractivity contribution is -0.100. The number of ether oxygens (including phenoxy) is 1. The van der Waals surface area contributed by atoms with E-state index in [2.05, 4.69) is 47.5 Å². The van der Waals surface area contributed by atoms with Crippen LogP contribution in [-0.2, 0) is 11.3 Å². The van der Waals surface area contributed by atoms with Gasteiger partial charge >= 0.3 is 0 Å². The van der Waals surface area contributed by atoms with Gasteiger partial charge in [-0.2, -0.15) is 0 Å². The van der Waals surface area contributed by atoms with E-state index in [0.29, 0.717) is 11.5 Å². The Balaban J connectivity index is 1.38. The molecule has 3 heteroatoms. The van der Waals surface area contributed by atoms with Crippen LogP contribution in [0.15, 0.2) is 30.3 Å². The topological polar surface area (TPSA) is 24.5 Å². The average Bonchev–Trinajstić information content (AvgIpc) is 2.46. The Labute approximate surface area is 122 Å². The first-order valence-electron chi connectivity index (χ1n) is 7.81. The van der Waals surface area contributed by atoms with Crippen molar-refractivity contribution in [3.8, 4) is 0 Å². The van der Waals surface area contributed by atoms with Crippen LogP contribution in [0.25, 0.3) is 0 Å².